The van der Waals surface area contributed by atoms with E-state index in [9.17, 15) is 10.1 Å². The van der Waals surface area contributed by atoms with Gasteiger partial charge < -0.3 is 5.32 Å². The van der Waals surface area contributed by atoms with Crippen LogP contribution in [-0.2, 0) is 6.42 Å². The van der Waals surface area contributed by atoms with Gasteiger partial charge in [0.15, 0.2) is 0 Å². The number of benzene rings is 2. The highest BCUT2D eigenvalue weighted by Gasteiger charge is 2.18. The van der Waals surface area contributed by atoms with Crippen molar-refractivity contribution in [1.82, 2.24) is 0 Å². The van der Waals surface area contributed by atoms with Crippen molar-refractivity contribution in [2.75, 3.05) is 11.9 Å². The Bertz CT molecular complexity index is 648. The van der Waals surface area contributed by atoms with Gasteiger partial charge in [-0.25, -0.2) is 0 Å². The van der Waals surface area contributed by atoms with Crippen molar-refractivity contribution in [3.8, 4) is 6.07 Å². The van der Waals surface area contributed by atoms with Gasteiger partial charge in [-0.2, -0.15) is 5.26 Å². The van der Waals surface area contributed by atoms with Crippen molar-refractivity contribution in [2.24, 2.45) is 0 Å². The minimum atomic E-state index is -0.524. The molecule has 0 aliphatic rings. The lowest BCUT2D eigenvalue weighted by molar-refractivity contribution is -0.384. The Balaban J connectivity index is 2.10. The molecule has 0 saturated heterocycles. The summed E-state index contributed by atoms with van der Waals surface area (Å²) in [7, 11) is 0. The van der Waals surface area contributed by atoms with Gasteiger partial charge in [-0.15, -0.1) is 0 Å². The highest BCUT2D eigenvalue weighted by molar-refractivity contribution is 5.68. The van der Waals surface area contributed by atoms with E-state index in [1.807, 2.05) is 36.4 Å². The summed E-state index contributed by atoms with van der Waals surface area (Å²) in [6.07, 6.45) is 0.759. The van der Waals surface area contributed by atoms with Crippen LogP contribution in [0.3, 0.4) is 0 Å². The van der Waals surface area contributed by atoms with Crippen molar-refractivity contribution >= 4 is 11.4 Å². The number of nitrogens with one attached hydrogen (secondary N) is 1. The van der Waals surface area contributed by atoms with Gasteiger partial charge in [-0.1, -0.05) is 36.4 Å². The van der Waals surface area contributed by atoms with Gasteiger partial charge >= 0.3 is 5.69 Å². The van der Waals surface area contributed by atoms with E-state index < -0.39 is 4.92 Å². The van der Waals surface area contributed by atoms with E-state index in [1.54, 1.807) is 12.1 Å². The zero-order valence-corrected chi connectivity index (χ0v) is 10.7. The van der Waals surface area contributed by atoms with Crippen LogP contribution in [0.25, 0.3) is 0 Å². The van der Waals surface area contributed by atoms with Crippen molar-refractivity contribution in [3.63, 3.8) is 0 Å². The summed E-state index contributed by atoms with van der Waals surface area (Å²) in [5.74, 6) is 0. The molecule has 1 N–H and O–H groups in total. The molecule has 0 heterocycles. The minimum absolute atomic E-state index is 0.0692. The van der Waals surface area contributed by atoms with E-state index in [4.69, 9.17) is 5.26 Å². The third kappa shape index (κ3) is 3.12. The second kappa shape index (κ2) is 6.34. The molecule has 2 aromatic carbocycles. The molecule has 0 aromatic heterocycles. The molecule has 100 valence electrons. The Kier molecular flexibility index (Phi) is 4.30. The van der Waals surface area contributed by atoms with Crippen molar-refractivity contribution < 1.29 is 4.92 Å². The molecule has 2 rings (SSSR count). The molecule has 5 nitrogen and oxygen atoms in total. The van der Waals surface area contributed by atoms with Gasteiger partial charge in [0.25, 0.3) is 0 Å². The summed E-state index contributed by atoms with van der Waals surface area (Å²) in [5.41, 5.74) is 1.44. The lowest BCUT2D eigenvalue weighted by atomic mass is 10.1. The number of anilines is 1. The van der Waals surface area contributed by atoms with E-state index in [0.29, 0.717) is 12.2 Å². The van der Waals surface area contributed by atoms with E-state index in [2.05, 4.69) is 5.32 Å². The molecular weight excluding hydrogens is 254 g/mol. The van der Waals surface area contributed by atoms with Gasteiger partial charge in [-0.3, -0.25) is 10.1 Å². The molecule has 0 spiro atoms. The Hall–Kier alpha value is -2.87. The molecule has 0 fully saturated rings. The normalized spacial score (nSPS) is 9.75. The van der Waals surface area contributed by atoms with Crippen LogP contribution in [-0.4, -0.2) is 11.5 Å². The maximum Gasteiger partial charge on any atom is 0.309 e. The Morgan fingerprint density at radius 1 is 1.15 bits per heavy atom. The Morgan fingerprint density at radius 2 is 1.90 bits per heavy atom. The van der Waals surface area contributed by atoms with Gasteiger partial charge in [0, 0.05) is 6.54 Å². The Labute approximate surface area is 116 Å². The molecule has 0 unspecified atom stereocenters. The zero-order chi connectivity index (χ0) is 14.4. The van der Waals surface area contributed by atoms with Crippen molar-refractivity contribution in [3.05, 3.63) is 69.8 Å². The van der Waals surface area contributed by atoms with Crippen LogP contribution < -0.4 is 5.32 Å². The summed E-state index contributed by atoms with van der Waals surface area (Å²) >= 11 is 0. The molecule has 0 amide bonds. The number of para-hydroxylation sites is 1. The third-order valence-electron chi connectivity index (χ3n) is 2.91. The molecule has 0 bridgehead atoms. The lowest BCUT2D eigenvalue weighted by Crippen LogP contribution is -2.07. The summed E-state index contributed by atoms with van der Waals surface area (Å²) in [6.45, 7) is 0.569. The maximum absolute atomic E-state index is 11.0. The zero-order valence-electron chi connectivity index (χ0n) is 10.7. The molecule has 0 aliphatic heterocycles. The highest BCUT2D eigenvalue weighted by atomic mass is 16.6. The fourth-order valence-electron chi connectivity index (χ4n) is 1.96. The molecule has 0 aliphatic carbocycles. The number of nitrogens with zero attached hydrogens (tertiary/aromatic N) is 2. The molecule has 0 radical (unpaired) electrons. The second-order valence-electron chi connectivity index (χ2n) is 4.23. The highest BCUT2D eigenvalue weighted by Crippen LogP contribution is 2.27. The summed E-state index contributed by atoms with van der Waals surface area (Å²) in [6, 6.07) is 16.4. The van der Waals surface area contributed by atoms with E-state index in [1.165, 1.54) is 6.07 Å². The average molecular weight is 267 g/mol. The van der Waals surface area contributed by atoms with Crippen molar-refractivity contribution in [1.29, 1.82) is 5.26 Å². The molecule has 20 heavy (non-hydrogen) atoms. The fourth-order valence-corrected chi connectivity index (χ4v) is 1.96. The maximum atomic E-state index is 11.0. The molecule has 5 heteroatoms. The van der Waals surface area contributed by atoms with Gasteiger partial charge in [0.2, 0.25) is 0 Å². The molecule has 0 saturated carbocycles. The molecule has 2 aromatic rings. The van der Waals surface area contributed by atoms with E-state index in [-0.39, 0.29) is 11.3 Å². The van der Waals surface area contributed by atoms with Crippen LogP contribution >= 0.6 is 0 Å². The first-order valence-electron chi connectivity index (χ1n) is 6.17. The monoisotopic (exact) mass is 267 g/mol. The first-order valence-corrected chi connectivity index (χ1v) is 6.17. The topological polar surface area (TPSA) is 79.0 Å². The predicted octanol–water partition coefficient (Wildman–Crippen LogP) is 3.12. The van der Waals surface area contributed by atoms with Crippen LogP contribution in [0.1, 0.15) is 11.1 Å². The summed E-state index contributed by atoms with van der Waals surface area (Å²) in [5, 5.41) is 23.0. The lowest BCUT2D eigenvalue weighted by Gasteiger charge is -2.07. The van der Waals surface area contributed by atoms with Gasteiger partial charge in [0.1, 0.15) is 17.3 Å². The summed E-state index contributed by atoms with van der Waals surface area (Å²) < 4.78 is 0. The smallest absolute Gasteiger partial charge is 0.309 e. The minimum Gasteiger partial charge on any atom is -0.379 e. The average Bonchev–Trinajstić information content (AvgIpc) is 2.47. The number of nitro groups is 1. The Morgan fingerprint density at radius 3 is 2.55 bits per heavy atom. The van der Waals surface area contributed by atoms with Crippen LogP contribution in [0.2, 0.25) is 0 Å². The fraction of sp³-hybridized carbons (Fsp3) is 0.133. The predicted molar refractivity (Wildman–Crippen MR) is 76.4 cm³/mol. The van der Waals surface area contributed by atoms with Crippen LogP contribution in [0.15, 0.2) is 48.5 Å². The second-order valence-corrected chi connectivity index (χ2v) is 4.23. The molecule has 0 atom stereocenters. The standard InChI is InChI=1S/C15H13N3O2/c16-11-13-7-4-8-14(15(13)18(19)20)17-10-9-12-5-2-1-3-6-12/h1-8,17H,9-10H2. The quantitative estimate of drug-likeness (QED) is 0.666. The van der Waals surface area contributed by atoms with E-state index >= 15 is 0 Å². The van der Waals surface area contributed by atoms with Gasteiger partial charge in [-0.05, 0) is 24.1 Å². The van der Waals surface area contributed by atoms with Crippen LogP contribution in [0.4, 0.5) is 11.4 Å². The number of nitriles is 1. The first kappa shape index (κ1) is 13.6. The number of hydrogen-bond donors (Lipinski definition) is 1. The third-order valence-corrected chi connectivity index (χ3v) is 2.91. The molecular formula is C15H13N3O2. The summed E-state index contributed by atoms with van der Waals surface area (Å²) in [4.78, 5) is 10.5. The first-order chi connectivity index (χ1) is 9.72. The number of nitro benzene ring substituents is 1. The van der Waals surface area contributed by atoms with Gasteiger partial charge in [0.05, 0.1) is 4.92 Å². The van der Waals surface area contributed by atoms with Crippen LogP contribution in [0.5, 0.6) is 0 Å². The SMILES string of the molecule is N#Cc1cccc(NCCc2ccccc2)c1[N+](=O)[O-]. The number of rotatable bonds is 5. The van der Waals surface area contributed by atoms with E-state index in [0.717, 1.165) is 12.0 Å². The largest absolute Gasteiger partial charge is 0.379 e. The number of hydrogen-bond acceptors (Lipinski definition) is 4. The van der Waals surface area contributed by atoms with Crippen LogP contribution in [0, 0.1) is 21.4 Å². The van der Waals surface area contributed by atoms with Crippen molar-refractivity contribution in [2.45, 2.75) is 6.42 Å².